The fraction of sp³-hybridized carbons (Fsp3) is 0.529. The molecule has 0 bridgehead atoms. The van der Waals surface area contributed by atoms with E-state index in [2.05, 4.69) is 19.2 Å². The van der Waals surface area contributed by atoms with Gasteiger partial charge in [0.05, 0.1) is 13.1 Å². The maximum atomic E-state index is 12.4. The Morgan fingerprint density at radius 2 is 1.73 bits per heavy atom. The van der Waals surface area contributed by atoms with E-state index in [9.17, 15) is 9.59 Å². The van der Waals surface area contributed by atoms with Gasteiger partial charge in [0.15, 0.2) is 6.04 Å². The Balaban J connectivity index is 1.97. The molecule has 1 aromatic carbocycles. The molecule has 2 rings (SSSR count). The molecule has 1 aliphatic rings. The number of amides is 2. The zero-order valence-electron chi connectivity index (χ0n) is 13.6. The largest absolute Gasteiger partial charge is 0.366 e. The maximum absolute atomic E-state index is 12.4. The van der Waals surface area contributed by atoms with Crippen LogP contribution in [0.3, 0.4) is 0 Å². The first kappa shape index (κ1) is 16.5. The van der Waals surface area contributed by atoms with Gasteiger partial charge in [-0.15, -0.1) is 0 Å². The molecule has 1 aliphatic heterocycles. The van der Waals surface area contributed by atoms with Gasteiger partial charge in [0.1, 0.15) is 0 Å². The number of likely N-dealkylation sites (tertiary alicyclic amines) is 1. The van der Waals surface area contributed by atoms with E-state index in [-0.39, 0.29) is 11.9 Å². The molecule has 1 aromatic rings. The Bertz CT molecular complexity index is 531. The summed E-state index contributed by atoms with van der Waals surface area (Å²) >= 11 is 0. The van der Waals surface area contributed by atoms with Crippen molar-refractivity contribution in [1.82, 2.24) is 0 Å². The molecular weight excluding hydrogens is 278 g/mol. The van der Waals surface area contributed by atoms with Gasteiger partial charge in [-0.05, 0) is 37.6 Å². The molecule has 1 fully saturated rings. The lowest BCUT2D eigenvalue weighted by Crippen LogP contribution is -3.18. The molecule has 0 aromatic heterocycles. The molecule has 5 nitrogen and oxygen atoms in total. The van der Waals surface area contributed by atoms with Crippen LogP contribution < -0.4 is 16.0 Å². The topological polar surface area (TPSA) is 76.6 Å². The van der Waals surface area contributed by atoms with Crippen molar-refractivity contribution in [3.05, 3.63) is 29.8 Å². The lowest BCUT2D eigenvalue weighted by Gasteiger charge is -2.35. The van der Waals surface area contributed by atoms with Gasteiger partial charge in [-0.2, -0.15) is 0 Å². The van der Waals surface area contributed by atoms with Crippen LogP contribution in [0.1, 0.15) is 37.6 Å². The lowest BCUT2D eigenvalue weighted by atomic mass is 9.91. The number of piperidine rings is 1. The highest BCUT2D eigenvalue weighted by Crippen LogP contribution is 2.13. The third kappa shape index (κ3) is 4.07. The summed E-state index contributed by atoms with van der Waals surface area (Å²) in [4.78, 5) is 24.8. The highest BCUT2D eigenvalue weighted by Gasteiger charge is 2.32. The average Bonchev–Trinajstić information content (AvgIpc) is 2.46. The summed E-state index contributed by atoms with van der Waals surface area (Å²) in [6.07, 6.45) is 1.24. The molecule has 4 N–H and O–H groups in total. The molecule has 0 radical (unpaired) electrons. The first-order chi connectivity index (χ1) is 10.4. The minimum atomic E-state index is -0.466. The van der Waals surface area contributed by atoms with Crippen molar-refractivity contribution in [1.29, 1.82) is 0 Å². The van der Waals surface area contributed by atoms with E-state index in [0.29, 0.717) is 23.1 Å². The Morgan fingerprint density at radius 1 is 1.18 bits per heavy atom. The second-order valence-corrected chi connectivity index (χ2v) is 6.67. The van der Waals surface area contributed by atoms with E-state index in [0.717, 1.165) is 13.1 Å². The summed E-state index contributed by atoms with van der Waals surface area (Å²) in [6.45, 7) is 8.57. The SMILES string of the molecule is C[C@H]1C[C@H](C)C[NH+]([C@@H](C)C(=O)Nc2ccc(C(N)=O)cc2)C1. The van der Waals surface area contributed by atoms with E-state index < -0.39 is 5.91 Å². The highest BCUT2D eigenvalue weighted by atomic mass is 16.2. The summed E-state index contributed by atoms with van der Waals surface area (Å²) in [5.41, 5.74) is 6.34. The Labute approximate surface area is 131 Å². The van der Waals surface area contributed by atoms with Crippen molar-refractivity contribution in [2.24, 2.45) is 17.6 Å². The molecule has 2 amide bonds. The number of hydrogen-bond acceptors (Lipinski definition) is 2. The minimum absolute atomic E-state index is 0.0168. The van der Waals surface area contributed by atoms with Crippen LogP contribution in [0.15, 0.2) is 24.3 Å². The van der Waals surface area contributed by atoms with Gasteiger partial charge in [0, 0.05) is 23.1 Å². The van der Waals surface area contributed by atoms with E-state index >= 15 is 0 Å². The van der Waals surface area contributed by atoms with Gasteiger partial charge in [-0.3, -0.25) is 9.59 Å². The number of nitrogens with one attached hydrogen (secondary N) is 2. The number of nitrogens with two attached hydrogens (primary N) is 1. The van der Waals surface area contributed by atoms with Crippen molar-refractivity contribution < 1.29 is 14.5 Å². The Kier molecular flexibility index (Phi) is 5.19. The van der Waals surface area contributed by atoms with Gasteiger partial charge >= 0.3 is 0 Å². The van der Waals surface area contributed by atoms with Crippen molar-refractivity contribution in [3.63, 3.8) is 0 Å². The van der Waals surface area contributed by atoms with Gasteiger partial charge in [-0.25, -0.2) is 0 Å². The first-order valence-electron chi connectivity index (χ1n) is 7.92. The predicted octanol–water partition coefficient (Wildman–Crippen LogP) is 0.673. The number of rotatable bonds is 4. The van der Waals surface area contributed by atoms with Gasteiger partial charge in [0.2, 0.25) is 5.91 Å². The number of quaternary nitrogens is 1. The molecule has 0 saturated carbocycles. The lowest BCUT2D eigenvalue weighted by molar-refractivity contribution is -0.925. The molecule has 0 aliphatic carbocycles. The maximum Gasteiger partial charge on any atom is 0.282 e. The Morgan fingerprint density at radius 3 is 2.23 bits per heavy atom. The summed E-state index contributed by atoms with van der Waals surface area (Å²) in [6, 6.07) is 6.59. The third-order valence-corrected chi connectivity index (χ3v) is 4.47. The van der Waals surface area contributed by atoms with Gasteiger partial charge in [-0.1, -0.05) is 13.8 Å². The molecule has 1 saturated heterocycles. The molecular formula is C17H26N3O2+. The number of benzene rings is 1. The van der Waals surface area contributed by atoms with Gasteiger partial charge in [0.25, 0.3) is 5.91 Å². The van der Waals surface area contributed by atoms with Crippen LogP contribution in [0, 0.1) is 11.8 Å². The van der Waals surface area contributed by atoms with Crippen LogP contribution in [0.4, 0.5) is 5.69 Å². The summed E-state index contributed by atoms with van der Waals surface area (Å²) < 4.78 is 0. The number of carbonyl (C=O) groups is 2. The zero-order chi connectivity index (χ0) is 16.3. The quantitative estimate of drug-likeness (QED) is 0.765. The molecule has 120 valence electrons. The Hall–Kier alpha value is -1.88. The molecule has 1 heterocycles. The van der Waals surface area contributed by atoms with Crippen molar-refractivity contribution >= 4 is 17.5 Å². The number of anilines is 1. The molecule has 3 atom stereocenters. The standard InChI is InChI=1S/C17H25N3O2/c1-11-8-12(2)10-20(9-11)13(3)17(22)19-15-6-4-14(5-7-15)16(18)21/h4-7,11-13H,8-10H2,1-3H3,(H2,18,21)(H,19,22)/p+1/t11-,12-,13-/m0/s1. The monoisotopic (exact) mass is 304 g/mol. The second kappa shape index (κ2) is 6.92. The van der Waals surface area contributed by atoms with Crippen LogP contribution in [-0.4, -0.2) is 30.9 Å². The highest BCUT2D eigenvalue weighted by molar-refractivity contribution is 5.95. The van der Waals surface area contributed by atoms with E-state index in [4.69, 9.17) is 5.73 Å². The van der Waals surface area contributed by atoms with Crippen LogP contribution in [0.2, 0.25) is 0 Å². The average molecular weight is 304 g/mol. The minimum Gasteiger partial charge on any atom is -0.366 e. The van der Waals surface area contributed by atoms with Crippen LogP contribution >= 0.6 is 0 Å². The fourth-order valence-electron chi connectivity index (χ4n) is 3.34. The molecule has 5 heteroatoms. The number of hydrogen-bond donors (Lipinski definition) is 3. The number of primary amides is 1. The molecule has 0 spiro atoms. The molecule has 0 unspecified atom stereocenters. The van der Waals surface area contributed by atoms with Crippen LogP contribution in [0.25, 0.3) is 0 Å². The number of carbonyl (C=O) groups excluding carboxylic acids is 2. The fourth-order valence-corrected chi connectivity index (χ4v) is 3.34. The summed E-state index contributed by atoms with van der Waals surface area (Å²) in [7, 11) is 0. The van der Waals surface area contributed by atoms with E-state index in [1.807, 2.05) is 6.92 Å². The van der Waals surface area contributed by atoms with Crippen molar-refractivity contribution in [2.45, 2.75) is 33.2 Å². The zero-order valence-corrected chi connectivity index (χ0v) is 13.6. The second-order valence-electron chi connectivity index (χ2n) is 6.67. The molecule has 22 heavy (non-hydrogen) atoms. The van der Waals surface area contributed by atoms with Crippen LogP contribution in [0.5, 0.6) is 0 Å². The first-order valence-corrected chi connectivity index (χ1v) is 7.92. The van der Waals surface area contributed by atoms with Crippen molar-refractivity contribution in [3.8, 4) is 0 Å². The third-order valence-electron chi connectivity index (χ3n) is 4.47. The normalized spacial score (nSPS) is 26.2. The predicted molar refractivity (Wildman–Crippen MR) is 86.7 cm³/mol. The smallest absolute Gasteiger partial charge is 0.282 e. The van der Waals surface area contributed by atoms with E-state index in [1.54, 1.807) is 24.3 Å². The summed E-state index contributed by atoms with van der Waals surface area (Å²) in [5, 5.41) is 2.92. The summed E-state index contributed by atoms with van der Waals surface area (Å²) in [5.74, 6) is 0.864. The van der Waals surface area contributed by atoms with Gasteiger partial charge < -0.3 is 16.0 Å². The van der Waals surface area contributed by atoms with Crippen LogP contribution in [-0.2, 0) is 4.79 Å². The van der Waals surface area contributed by atoms with Crippen molar-refractivity contribution in [2.75, 3.05) is 18.4 Å². The van der Waals surface area contributed by atoms with E-state index in [1.165, 1.54) is 11.3 Å².